The molecule has 8 heteroatoms. The molecule has 1 aliphatic carbocycles. The Kier molecular flexibility index (Phi) is 9.24. The number of carbonyl (C=O) groups excluding carboxylic acids is 2. The molecule has 42 heavy (non-hydrogen) atoms. The summed E-state index contributed by atoms with van der Waals surface area (Å²) >= 11 is 0. The summed E-state index contributed by atoms with van der Waals surface area (Å²) in [5, 5.41) is 4.00. The summed E-state index contributed by atoms with van der Waals surface area (Å²) in [6.45, 7) is 15.3. The molecule has 0 saturated carbocycles. The third-order valence-electron chi connectivity index (χ3n) is 8.49. The number of rotatable bonds is 9. The van der Waals surface area contributed by atoms with E-state index in [1.165, 1.54) is 34.9 Å². The van der Waals surface area contributed by atoms with Crippen LogP contribution in [0.2, 0.25) is 0 Å². The van der Waals surface area contributed by atoms with Crippen LogP contribution < -0.4 is 4.74 Å². The molecule has 224 valence electrons. The molecule has 0 unspecified atom stereocenters. The highest BCUT2D eigenvalue weighted by atomic mass is 16.6. The van der Waals surface area contributed by atoms with Gasteiger partial charge in [-0.15, -0.1) is 0 Å². The average Bonchev–Trinajstić information content (AvgIpc) is 3.44. The number of benzene rings is 2. The number of amides is 1. The molecule has 0 aliphatic heterocycles. The Morgan fingerprint density at radius 2 is 1.76 bits per heavy atom. The van der Waals surface area contributed by atoms with E-state index in [9.17, 15) is 9.59 Å². The highest BCUT2D eigenvalue weighted by Crippen LogP contribution is 2.45. The summed E-state index contributed by atoms with van der Waals surface area (Å²) < 4.78 is 15.6. The highest BCUT2D eigenvalue weighted by Gasteiger charge is 2.32. The van der Waals surface area contributed by atoms with Crippen molar-refractivity contribution in [3.05, 3.63) is 70.1 Å². The van der Waals surface area contributed by atoms with Crippen LogP contribution in [0.5, 0.6) is 5.75 Å². The maximum atomic E-state index is 13.2. The van der Waals surface area contributed by atoms with Gasteiger partial charge in [-0.05, 0) is 80.4 Å². The third kappa shape index (κ3) is 6.75. The van der Waals surface area contributed by atoms with Crippen molar-refractivity contribution >= 4 is 17.4 Å². The number of carbonyl (C=O) groups is 2. The summed E-state index contributed by atoms with van der Waals surface area (Å²) in [6, 6.07) is 12.3. The van der Waals surface area contributed by atoms with Crippen LogP contribution in [0.15, 0.2) is 46.5 Å². The summed E-state index contributed by atoms with van der Waals surface area (Å²) in [5.41, 5.74) is 7.81. The van der Waals surface area contributed by atoms with Crippen molar-refractivity contribution < 1.29 is 23.6 Å². The number of aryl methyl sites for hydroxylation is 2. The van der Waals surface area contributed by atoms with Gasteiger partial charge in [-0.25, -0.2) is 4.79 Å². The Morgan fingerprint density at radius 3 is 2.38 bits per heavy atom. The number of hydrogen-bond donors (Lipinski definition) is 0. The third-order valence-corrected chi connectivity index (χ3v) is 8.49. The van der Waals surface area contributed by atoms with Crippen LogP contribution in [0.1, 0.15) is 92.7 Å². The largest absolute Gasteiger partial charge is 0.496 e. The molecule has 0 radical (unpaired) electrons. The second-order valence-electron chi connectivity index (χ2n) is 12.4. The first-order chi connectivity index (χ1) is 19.8. The Bertz CT molecular complexity index is 1480. The van der Waals surface area contributed by atoms with Gasteiger partial charge in [0.25, 0.3) is 0 Å². The van der Waals surface area contributed by atoms with Gasteiger partial charge in [-0.2, -0.15) is 4.98 Å². The zero-order valence-corrected chi connectivity index (χ0v) is 26.3. The summed E-state index contributed by atoms with van der Waals surface area (Å²) in [7, 11) is 2.93. The molecular formula is C34H43N3O5. The fraction of sp³-hybridized carbons (Fsp3) is 0.471. The predicted octanol–water partition coefficient (Wildman–Crippen LogP) is 7.15. The van der Waals surface area contributed by atoms with E-state index in [0.717, 1.165) is 30.6 Å². The molecule has 0 spiro atoms. The van der Waals surface area contributed by atoms with Crippen LogP contribution >= 0.6 is 0 Å². The van der Waals surface area contributed by atoms with Crippen molar-refractivity contribution in [1.29, 1.82) is 0 Å². The van der Waals surface area contributed by atoms with Gasteiger partial charge in [0.1, 0.15) is 5.75 Å². The first-order valence-corrected chi connectivity index (χ1v) is 14.5. The molecule has 0 N–H and O–H groups in total. The quantitative estimate of drug-likeness (QED) is 0.251. The zero-order chi connectivity index (χ0) is 30.8. The van der Waals surface area contributed by atoms with Gasteiger partial charge in [-0.3, -0.25) is 4.79 Å². The Morgan fingerprint density at radius 1 is 1.07 bits per heavy atom. The van der Waals surface area contributed by atoms with E-state index in [0.29, 0.717) is 17.9 Å². The molecule has 4 rings (SSSR count). The molecule has 3 aromatic rings. The van der Waals surface area contributed by atoms with Gasteiger partial charge in [-0.1, -0.05) is 55.3 Å². The van der Waals surface area contributed by atoms with Crippen LogP contribution in [0, 0.1) is 19.3 Å². The lowest BCUT2D eigenvalue weighted by Gasteiger charge is -2.39. The van der Waals surface area contributed by atoms with Gasteiger partial charge >= 0.3 is 11.9 Å². The monoisotopic (exact) mass is 573 g/mol. The van der Waals surface area contributed by atoms with Crippen molar-refractivity contribution in [2.24, 2.45) is 5.41 Å². The first-order valence-electron chi connectivity index (χ1n) is 14.5. The topological polar surface area (TPSA) is 94.8 Å². The van der Waals surface area contributed by atoms with E-state index in [-0.39, 0.29) is 29.2 Å². The van der Waals surface area contributed by atoms with Crippen LogP contribution in [0.3, 0.4) is 0 Å². The number of esters is 1. The van der Waals surface area contributed by atoms with Gasteiger partial charge in [0.05, 0.1) is 14.2 Å². The van der Waals surface area contributed by atoms with Crippen LogP contribution in [0.25, 0.3) is 17.0 Å². The molecule has 1 aromatic heterocycles. The molecule has 1 aliphatic rings. The van der Waals surface area contributed by atoms with Crippen LogP contribution in [-0.4, -0.2) is 53.7 Å². The lowest BCUT2D eigenvalue weighted by Crippen LogP contribution is -2.42. The summed E-state index contributed by atoms with van der Waals surface area (Å²) in [5.74, 6) is 0.348. The summed E-state index contributed by atoms with van der Waals surface area (Å²) in [4.78, 5) is 31.3. The Hall–Kier alpha value is -3.94. The molecule has 2 aromatic carbocycles. The van der Waals surface area contributed by atoms with Crippen molar-refractivity contribution in [2.45, 2.75) is 79.7 Å². The molecule has 0 fully saturated rings. The van der Waals surface area contributed by atoms with Crippen molar-refractivity contribution in [2.75, 3.05) is 20.8 Å². The molecule has 8 nitrogen and oxygen atoms in total. The maximum absolute atomic E-state index is 13.2. The van der Waals surface area contributed by atoms with Crippen molar-refractivity contribution in [3.8, 4) is 17.1 Å². The van der Waals surface area contributed by atoms with Gasteiger partial charge in [0, 0.05) is 36.6 Å². The molecule has 1 heterocycles. The smallest absolute Gasteiger partial charge is 0.397 e. The zero-order valence-electron chi connectivity index (χ0n) is 26.3. The predicted molar refractivity (Wildman–Crippen MR) is 163 cm³/mol. The number of methoxy groups -OCH3 is 2. The average molecular weight is 574 g/mol. The van der Waals surface area contributed by atoms with E-state index in [4.69, 9.17) is 14.0 Å². The fourth-order valence-electron chi connectivity index (χ4n) is 6.05. The summed E-state index contributed by atoms with van der Waals surface area (Å²) in [6.07, 6.45) is 2.70. The fourth-order valence-corrected chi connectivity index (χ4v) is 6.05. The lowest BCUT2D eigenvalue weighted by atomic mass is 9.72. The van der Waals surface area contributed by atoms with Gasteiger partial charge < -0.3 is 18.9 Å². The minimum Gasteiger partial charge on any atom is -0.496 e. The molecule has 2 atom stereocenters. The van der Waals surface area contributed by atoms with E-state index < -0.39 is 5.97 Å². The van der Waals surface area contributed by atoms with Crippen LogP contribution in [-0.2, 0) is 9.53 Å². The van der Waals surface area contributed by atoms with Gasteiger partial charge in [0.2, 0.25) is 11.7 Å². The van der Waals surface area contributed by atoms with Crippen molar-refractivity contribution in [1.82, 2.24) is 15.0 Å². The molecule has 0 bridgehead atoms. The van der Waals surface area contributed by atoms with Gasteiger partial charge in [0.15, 0.2) is 0 Å². The highest BCUT2D eigenvalue weighted by molar-refractivity contribution is 5.85. The minimum absolute atomic E-state index is 0.00760. The second kappa shape index (κ2) is 12.5. The van der Waals surface area contributed by atoms with Crippen molar-refractivity contribution in [3.63, 3.8) is 0 Å². The number of ether oxygens (including phenoxy) is 2. The van der Waals surface area contributed by atoms with E-state index >= 15 is 0 Å². The SMILES string of the molecule is COC(=O)c1nc(-c2ccc(OC)c(C3=C(CN(C(C)=O)[C@@H](C)[C@H](C)c4cc(C)cc(C)c4)CC(C)(C)CC3)c2)no1. The second-order valence-corrected chi connectivity index (χ2v) is 12.4. The molecular weight excluding hydrogens is 530 g/mol. The Balaban J connectivity index is 1.76. The lowest BCUT2D eigenvalue weighted by molar-refractivity contribution is -0.130. The standard InChI is InChI=1S/C34H43N3O5/c1-20-14-21(2)16-26(15-20)22(3)23(4)37(24(5)38)19-27-18-34(6,7)13-12-28(27)29-17-25(10-11-30(29)40-8)31-35-32(42-36-31)33(39)41-9/h10-11,14-17,22-23H,12-13,18-19H2,1-9H3/t22-,23-/m0/s1. The number of allylic oxidation sites excluding steroid dienone is 1. The Labute approximate surface area is 249 Å². The van der Waals surface area contributed by atoms with E-state index in [2.05, 4.69) is 69.9 Å². The first kappa shape index (κ1) is 31.0. The molecule has 0 saturated heterocycles. The maximum Gasteiger partial charge on any atom is 0.397 e. The van der Waals surface area contributed by atoms with E-state index in [1.807, 2.05) is 23.1 Å². The number of nitrogens with zero attached hydrogens (tertiary/aromatic N) is 3. The normalized spacial score (nSPS) is 16.1. The molecule has 1 amide bonds. The number of aromatic nitrogens is 2. The minimum atomic E-state index is -0.685. The van der Waals surface area contributed by atoms with Crippen LogP contribution in [0.4, 0.5) is 0 Å². The van der Waals surface area contributed by atoms with E-state index in [1.54, 1.807) is 14.0 Å². The number of hydrogen-bond acceptors (Lipinski definition) is 7.